The molecule has 0 radical (unpaired) electrons. The standard InChI is InChI=1S/C17H16N2O7S/c1-10-3-6-27-16(10)17(21)26-9-15(20)18-11-7-13-14(8-12(11)19(22)23)25-5-2-4-24-13/h3,6-8H,2,4-5,9H2,1H3,(H,18,20). The number of nitrogens with one attached hydrogen (secondary N) is 1. The van der Waals surface area contributed by atoms with Gasteiger partial charge < -0.3 is 19.5 Å². The molecule has 1 aliphatic rings. The number of carbonyl (C=O) groups excluding carboxylic acids is 2. The number of hydrogen-bond acceptors (Lipinski definition) is 8. The zero-order valence-corrected chi connectivity index (χ0v) is 15.2. The van der Waals surface area contributed by atoms with Crippen molar-refractivity contribution in [1.29, 1.82) is 0 Å². The van der Waals surface area contributed by atoms with Crippen LogP contribution in [0.2, 0.25) is 0 Å². The van der Waals surface area contributed by atoms with Gasteiger partial charge in [-0.1, -0.05) is 0 Å². The summed E-state index contributed by atoms with van der Waals surface area (Å²) in [6, 6.07) is 4.31. The second-order valence-corrected chi connectivity index (χ2v) is 6.60. The van der Waals surface area contributed by atoms with Crippen molar-refractivity contribution >= 4 is 34.6 Å². The Morgan fingerprint density at radius 2 is 2.00 bits per heavy atom. The lowest BCUT2D eigenvalue weighted by molar-refractivity contribution is -0.384. The molecule has 0 saturated heterocycles. The number of thiophene rings is 1. The van der Waals surface area contributed by atoms with E-state index < -0.39 is 23.4 Å². The quantitative estimate of drug-likeness (QED) is 0.472. The highest BCUT2D eigenvalue weighted by Gasteiger charge is 2.23. The lowest BCUT2D eigenvalue weighted by Crippen LogP contribution is -2.21. The number of rotatable bonds is 5. The van der Waals surface area contributed by atoms with Crippen LogP contribution in [0, 0.1) is 17.0 Å². The summed E-state index contributed by atoms with van der Waals surface area (Å²) < 4.78 is 15.9. The molecule has 0 bridgehead atoms. The number of aryl methyl sites for hydroxylation is 1. The van der Waals surface area contributed by atoms with Gasteiger partial charge in [-0.05, 0) is 23.9 Å². The van der Waals surface area contributed by atoms with E-state index in [4.69, 9.17) is 14.2 Å². The zero-order valence-electron chi connectivity index (χ0n) is 14.4. The van der Waals surface area contributed by atoms with Crippen molar-refractivity contribution in [2.45, 2.75) is 13.3 Å². The van der Waals surface area contributed by atoms with Gasteiger partial charge in [0.1, 0.15) is 10.6 Å². The third-order valence-electron chi connectivity index (χ3n) is 3.72. The molecule has 0 fully saturated rings. The first-order valence-electron chi connectivity index (χ1n) is 8.05. The third kappa shape index (κ3) is 4.34. The molecule has 0 aliphatic carbocycles. The maximum absolute atomic E-state index is 12.1. The Balaban J connectivity index is 1.71. The maximum Gasteiger partial charge on any atom is 0.349 e. The number of carbonyl (C=O) groups is 2. The lowest BCUT2D eigenvalue weighted by atomic mass is 10.2. The zero-order chi connectivity index (χ0) is 19.4. The molecule has 10 heteroatoms. The van der Waals surface area contributed by atoms with Crippen molar-refractivity contribution in [3.05, 3.63) is 44.1 Å². The van der Waals surface area contributed by atoms with Gasteiger partial charge in [0.15, 0.2) is 18.1 Å². The molecule has 0 spiro atoms. The van der Waals surface area contributed by atoms with E-state index in [0.717, 1.165) is 5.56 Å². The summed E-state index contributed by atoms with van der Waals surface area (Å²) in [6.07, 6.45) is 0.641. The van der Waals surface area contributed by atoms with Crippen molar-refractivity contribution in [3.63, 3.8) is 0 Å². The molecule has 1 N–H and O–H groups in total. The summed E-state index contributed by atoms with van der Waals surface area (Å²) in [4.78, 5) is 35.1. The second kappa shape index (κ2) is 8.04. The topological polar surface area (TPSA) is 117 Å². The van der Waals surface area contributed by atoms with Crippen LogP contribution in [0.3, 0.4) is 0 Å². The summed E-state index contributed by atoms with van der Waals surface area (Å²) in [5.41, 5.74) is 0.356. The molecule has 1 amide bonds. The minimum atomic E-state index is -0.699. The van der Waals surface area contributed by atoms with Crippen molar-refractivity contribution < 1.29 is 28.7 Å². The number of nitro benzene ring substituents is 1. The number of amides is 1. The van der Waals surface area contributed by atoms with Crippen molar-refractivity contribution in [1.82, 2.24) is 0 Å². The molecule has 3 rings (SSSR count). The van der Waals surface area contributed by atoms with Crippen molar-refractivity contribution in [3.8, 4) is 11.5 Å². The molecule has 2 aromatic rings. The van der Waals surface area contributed by atoms with E-state index in [2.05, 4.69) is 5.32 Å². The minimum Gasteiger partial charge on any atom is -0.489 e. The first kappa shape index (κ1) is 18.6. The van der Waals surface area contributed by atoms with E-state index in [0.29, 0.717) is 30.3 Å². The molecule has 2 heterocycles. The van der Waals surface area contributed by atoms with Crippen LogP contribution in [-0.4, -0.2) is 36.6 Å². The van der Waals surface area contributed by atoms with Crippen molar-refractivity contribution in [2.24, 2.45) is 0 Å². The van der Waals surface area contributed by atoms with Gasteiger partial charge in [0.2, 0.25) is 0 Å². The van der Waals surface area contributed by atoms with Crippen molar-refractivity contribution in [2.75, 3.05) is 25.1 Å². The number of ether oxygens (including phenoxy) is 3. The molecule has 142 valence electrons. The minimum absolute atomic E-state index is 0.0578. The molecule has 27 heavy (non-hydrogen) atoms. The molecule has 0 saturated carbocycles. The number of fused-ring (bicyclic) bond motifs is 1. The highest BCUT2D eigenvalue weighted by molar-refractivity contribution is 7.12. The predicted octanol–water partition coefficient (Wildman–Crippen LogP) is 2.92. The smallest absolute Gasteiger partial charge is 0.349 e. The summed E-state index contributed by atoms with van der Waals surface area (Å²) in [5, 5.41) is 15.4. The summed E-state index contributed by atoms with van der Waals surface area (Å²) in [6.45, 7) is 1.97. The number of hydrogen-bond donors (Lipinski definition) is 1. The Kier molecular flexibility index (Phi) is 5.55. The normalized spacial score (nSPS) is 12.8. The van der Waals surface area contributed by atoms with Crippen LogP contribution >= 0.6 is 11.3 Å². The SMILES string of the molecule is Cc1ccsc1C(=O)OCC(=O)Nc1cc2c(cc1[N+](=O)[O-])OCCCO2. The van der Waals surface area contributed by atoms with Crippen LogP contribution in [0.1, 0.15) is 21.7 Å². The first-order chi connectivity index (χ1) is 13.0. The number of nitro groups is 1. The Bertz CT molecular complexity index is 893. The number of benzene rings is 1. The highest BCUT2D eigenvalue weighted by atomic mass is 32.1. The van der Waals surface area contributed by atoms with Crippen LogP contribution in [-0.2, 0) is 9.53 Å². The first-order valence-corrected chi connectivity index (χ1v) is 8.93. The molecule has 1 aromatic carbocycles. The fourth-order valence-electron chi connectivity index (χ4n) is 2.41. The number of anilines is 1. The van der Waals surface area contributed by atoms with Gasteiger partial charge in [0.25, 0.3) is 11.6 Å². The Morgan fingerprint density at radius 3 is 2.63 bits per heavy atom. The molecule has 1 aliphatic heterocycles. The van der Waals surface area contributed by atoms with Crippen LogP contribution in [0.4, 0.5) is 11.4 Å². The van der Waals surface area contributed by atoms with Gasteiger partial charge in [-0.3, -0.25) is 14.9 Å². The third-order valence-corrected chi connectivity index (χ3v) is 4.71. The van der Waals surface area contributed by atoms with E-state index in [1.165, 1.54) is 23.5 Å². The van der Waals surface area contributed by atoms with Gasteiger partial charge in [-0.15, -0.1) is 11.3 Å². The van der Waals surface area contributed by atoms with Gasteiger partial charge in [0, 0.05) is 12.5 Å². The van der Waals surface area contributed by atoms with Gasteiger partial charge in [0.05, 0.1) is 24.2 Å². The summed E-state index contributed by atoms with van der Waals surface area (Å²) in [7, 11) is 0. The van der Waals surface area contributed by atoms with Gasteiger partial charge >= 0.3 is 5.97 Å². The van der Waals surface area contributed by atoms with E-state index in [9.17, 15) is 19.7 Å². The van der Waals surface area contributed by atoms with E-state index >= 15 is 0 Å². The molecule has 0 atom stereocenters. The lowest BCUT2D eigenvalue weighted by Gasteiger charge is -2.11. The number of esters is 1. The summed E-state index contributed by atoms with van der Waals surface area (Å²) >= 11 is 1.21. The summed E-state index contributed by atoms with van der Waals surface area (Å²) in [5.74, 6) is -0.766. The maximum atomic E-state index is 12.1. The Labute approximate surface area is 158 Å². The predicted molar refractivity (Wildman–Crippen MR) is 96.7 cm³/mol. The van der Waals surface area contributed by atoms with Crippen LogP contribution in [0.25, 0.3) is 0 Å². The fraction of sp³-hybridized carbons (Fsp3) is 0.294. The average molecular weight is 392 g/mol. The van der Waals surface area contributed by atoms with E-state index in [-0.39, 0.29) is 17.1 Å². The largest absolute Gasteiger partial charge is 0.489 e. The van der Waals surface area contributed by atoms with E-state index in [1.807, 2.05) is 0 Å². The Hall–Kier alpha value is -3.14. The molecule has 1 aromatic heterocycles. The molecule has 0 unspecified atom stereocenters. The Morgan fingerprint density at radius 1 is 1.30 bits per heavy atom. The number of nitrogens with zero attached hydrogens (tertiary/aromatic N) is 1. The van der Waals surface area contributed by atoms with Crippen LogP contribution in [0.15, 0.2) is 23.6 Å². The molecular formula is C17H16N2O7S. The highest BCUT2D eigenvalue weighted by Crippen LogP contribution is 2.39. The van der Waals surface area contributed by atoms with Gasteiger partial charge in [-0.25, -0.2) is 4.79 Å². The van der Waals surface area contributed by atoms with E-state index in [1.54, 1.807) is 18.4 Å². The molecular weight excluding hydrogens is 376 g/mol. The van der Waals surface area contributed by atoms with Crippen LogP contribution < -0.4 is 14.8 Å². The molecule has 9 nitrogen and oxygen atoms in total. The second-order valence-electron chi connectivity index (χ2n) is 5.68. The van der Waals surface area contributed by atoms with Crippen LogP contribution in [0.5, 0.6) is 11.5 Å². The average Bonchev–Trinajstić information content (AvgIpc) is 2.93. The van der Waals surface area contributed by atoms with Gasteiger partial charge in [-0.2, -0.15) is 0 Å². The monoisotopic (exact) mass is 392 g/mol. The fourth-order valence-corrected chi connectivity index (χ4v) is 3.23.